The molecule has 0 radical (unpaired) electrons. The second-order valence-electron chi connectivity index (χ2n) is 6.10. The number of nitrogens with zero attached hydrogens (tertiary/aromatic N) is 1. The van der Waals surface area contributed by atoms with Crippen molar-refractivity contribution in [1.82, 2.24) is 4.31 Å². The third-order valence-electron chi connectivity index (χ3n) is 4.17. The topological polar surface area (TPSA) is 78.5 Å². The fraction of sp³-hybridized carbons (Fsp3) is 0.316. The van der Waals surface area contributed by atoms with Crippen molar-refractivity contribution in [3.8, 4) is 0 Å². The summed E-state index contributed by atoms with van der Waals surface area (Å²) in [6, 6.07) is 8.80. The highest BCUT2D eigenvalue weighted by Gasteiger charge is 2.24. The second kappa shape index (κ2) is 9.36. The van der Waals surface area contributed by atoms with Crippen molar-refractivity contribution in [3.05, 3.63) is 52.8 Å². The molecule has 0 aliphatic rings. The van der Waals surface area contributed by atoms with E-state index in [1.54, 1.807) is 32.9 Å². The summed E-state index contributed by atoms with van der Waals surface area (Å²) in [5.74, 6) is -0.922. The molecule has 9 heteroatoms. The Morgan fingerprint density at radius 1 is 1.11 bits per heavy atom. The Morgan fingerprint density at radius 3 is 2.36 bits per heavy atom. The normalized spacial score (nSPS) is 11.5. The van der Waals surface area contributed by atoms with Crippen LogP contribution < -0.4 is 10.6 Å². The molecule has 0 aromatic heterocycles. The van der Waals surface area contributed by atoms with Crippen LogP contribution in [0.2, 0.25) is 5.02 Å². The number of sulfonamides is 1. The lowest BCUT2D eigenvalue weighted by Gasteiger charge is -2.20. The number of hydrogen-bond donors (Lipinski definition) is 2. The molecule has 0 fully saturated rings. The van der Waals surface area contributed by atoms with E-state index in [4.69, 9.17) is 11.6 Å². The van der Waals surface area contributed by atoms with E-state index in [0.717, 1.165) is 0 Å². The lowest BCUT2D eigenvalue weighted by molar-refractivity contribution is -0.114. The second-order valence-corrected chi connectivity index (χ2v) is 8.41. The van der Waals surface area contributed by atoms with Crippen LogP contribution in [0.1, 0.15) is 19.4 Å². The smallest absolute Gasteiger partial charge is 0.243 e. The summed E-state index contributed by atoms with van der Waals surface area (Å²) in [7, 11) is -3.64. The molecule has 6 nitrogen and oxygen atoms in total. The van der Waals surface area contributed by atoms with E-state index in [1.807, 2.05) is 0 Å². The number of rotatable bonds is 8. The van der Waals surface area contributed by atoms with Crippen LogP contribution >= 0.6 is 11.6 Å². The summed E-state index contributed by atoms with van der Waals surface area (Å²) in [6.07, 6.45) is 0. The van der Waals surface area contributed by atoms with Gasteiger partial charge >= 0.3 is 0 Å². The first-order chi connectivity index (χ1) is 13.2. The van der Waals surface area contributed by atoms with E-state index in [0.29, 0.717) is 30.0 Å². The van der Waals surface area contributed by atoms with E-state index in [1.165, 1.54) is 28.6 Å². The van der Waals surface area contributed by atoms with Gasteiger partial charge in [0, 0.05) is 24.5 Å². The Bertz CT molecular complexity index is 963. The minimum Gasteiger partial charge on any atom is -0.376 e. The van der Waals surface area contributed by atoms with Crippen molar-refractivity contribution in [3.63, 3.8) is 0 Å². The van der Waals surface area contributed by atoms with Crippen molar-refractivity contribution in [2.75, 3.05) is 30.3 Å². The van der Waals surface area contributed by atoms with E-state index in [9.17, 15) is 17.6 Å². The number of aryl methyl sites for hydroxylation is 1. The zero-order valence-corrected chi connectivity index (χ0v) is 17.5. The Balaban J connectivity index is 2.11. The highest BCUT2D eigenvalue weighted by atomic mass is 35.5. The molecule has 28 heavy (non-hydrogen) atoms. The monoisotopic (exact) mass is 427 g/mol. The van der Waals surface area contributed by atoms with Gasteiger partial charge in [-0.05, 0) is 42.8 Å². The molecule has 2 aromatic carbocycles. The van der Waals surface area contributed by atoms with Crippen LogP contribution in [-0.4, -0.2) is 38.3 Å². The molecule has 2 N–H and O–H groups in total. The number of hydrogen-bond acceptors (Lipinski definition) is 4. The third-order valence-corrected chi connectivity index (χ3v) is 6.65. The van der Waals surface area contributed by atoms with Gasteiger partial charge < -0.3 is 10.6 Å². The highest BCUT2D eigenvalue weighted by molar-refractivity contribution is 7.89. The molecule has 2 rings (SSSR count). The predicted molar refractivity (Wildman–Crippen MR) is 110 cm³/mol. The number of anilines is 2. The minimum absolute atomic E-state index is 0.0461. The summed E-state index contributed by atoms with van der Waals surface area (Å²) in [5.41, 5.74) is 1.47. The van der Waals surface area contributed by atoms with Gasteiger partial charge in [0.15, 0.2) is 0 Å². The largest absolute Gasteiger partial charge is 0.376 e. The number of benzene rings is 2. The van der Waals surface area contributed by atoms with Crippen LogP contribution in [0.25, 0.3) is 0 Å². The predicted octanol–water partition coefficient (Wildman–Crippen LogP) is 3.87. The standard InChI is InChI=1S/C19H23ClFN3O3S/c1-4-24(5-2)28(26,27)18-11-15(7-6-13(18)3)23-19(25)12-22-14-8-9-17(21)16(20)10-14/h6-11,22H,4-5,12H2,1-3H3,(H,23,25). The summed E-state index contributed by atoms with van der Waals surface area (Å²) >= 11 is 5.71. The first kappa shape index (κ1) is 22.1. The molecule has 0 aliphatic heterocycles. The highest BCUT2D eigenvalue weighted by Crippen LogP contribution is 2.24. The zero-order valence-electron chi connectivity index (χ0n) is 15.9. The van der Waals surface area contributed by atoms with Crippen molar-refractivity contribution >= 4 is 38.9 Å². The quantitative estimate of drug-likeness (QED) is 0.670. The van der Waals surface area contributed by atoms with Gasteiger partial charge in [0.1, 0.15) is 5.82 Å². The van der Waals surface area contributed by atoms with Crippen molar-refractivity contribution in [2.45, 2.75) is 25.7 Å². The molecular weight excluding hydrogens is 405 g/mol. The molecule has 0 saturated heterocycles. The van der Waals surface area contributed by atoms with Crippen LogP contribution in [0.5, 0.6) is 0 Å². The molecule has 0 saturated carbocycles. The van der Waals surface area contributed by atoms with Crippen LogP contribution in [-0.2, 0) is 14.8 Å². The third kappa shape index (κ3) is 5.21. The van der Waals surface area contributed by atoms with Crippen LogP contribution in [0.15, 0.2) is 41.3 Å². The van der Waals surface area contributed by atoms with Gasteiger partial charge in [0.2, 0.25) is 15.9 Å². The first-order valence-corrected chi connectivity index (χ1v) is 10.6. The summed E-state index contributed by atoms with van der Waals surface area (Å²) in [5, 5.41) is 5.45. The SMILES string of the molecule is CCN(CC)S(=O)(=O)c1cc(NC(=O)CNc2ccc(F)c(Cl)c2)ccc1C. The Kier molecular flexibility index (Phi) is 7.40. The van der Waals surface area contributed by atoms with Gasteiger partial charge in [-0.15, -0.1) is 0 Å². The average molecular weight is 428 g/mol. The van der Waals surface area contributed by atoms with Crippen LogP contribution in [0.4, 0.5) is 15.8 Å². The molecule has 0 spiro atoms. The van der Waals surface area contributed by atoms with E-state index >= 15 is 0 Å². The molecule has 2 aromatic rings. The Morgan fingerprint density at radius 2 is 1.75 bits per heavy atom. The van der Waals surface area contributed by atoms with Crippen LogP contribution in [0, 0.1) is 12.7 Å². The van der Waals surface area contributed by atoms with Gasteiger partial charge in [0.05, 0.1) is 16.5 Å². The number of nitrogens with one attached hydrogen (secondary N) is 2. The fourth-order valence-corrected chi connectivity index (χ4v) is 4.54. The first-order valence-electron chi connectivity index (χ1n) is 8.78. The Labute approximate surface area is 169 Å². The number of carbonyl (C=O) groups is 1. The number of carbonyl (C=O) groups excluding carboxylic acids is 1. The molecule has 1 amide bonds. The lowest BCUT2D eigenvalue weighted by Crippen LogP contribution is -2.31. The van der Waals surface area contributed by atoms with E-state index in [2.05, 4.69) is 10.6 Å². The van der Waals surface area contributed by atoms with Gasteiger partial charge in [-0.1, -0.05) is 31.5 Å². The fourth-order valence-electron chi connectivity index (χ4n) is 2.65. The molecule has 0 unspecified atom stereocenters. The van der Waals surface area contributed by atoms with Gasteiger partial charge in [-0.2, -0.15) is 4.31 Å². The van der Waals surface area contributed by atoms with Crippen molar-refractivity contribution in [1.29, 1.82) is 0 Å². The lowest BCUT2D eigenvalue weighted by atomic mass is 10.2. The maximum Gasteiger partial charge on any atom is 0.243 e. The molecule has 0 bridgehead atoms. The zero-order chi connectivity index (χ0) is 20.9. The van der Waals surface area contributed by atoms with Gasteiger partial charge in [-0.3, -0.25) is 4.79 Å². The molecule has 0 heterocycles. The maximum absolute atomic E-state index is 13.2. The van der Waals surface area contributed by atoms with E-state index in [-0.39, 0.29) is 22.4 Å². The summed E-state index contributed by atoms with van der Waals surface area (Å²) in [6.45, 7) is 5.89. The molecule has 0 aliphatic carbocycles. The molecule has 0 atom stereocenters. The molecular formula is C19H23ClFN3O3S. The van der Waals surface area contributed by atoms with Crippen molar-refractivity contribution in [2.24, 2.45) is 0 Å². The average Bonchev–Trinajstić information content (AvgIpc) is 2.65. The summed E-state index contributed by atoms with van der Waals surface area (Å²) in [4.78, 5) is 12.3. The van der Waals surface area contributed by atoms with Gasteiger partial charge in [-0.25, -0.2) is 12.8 Å². The van der Waals surface area contributed by atoms with Crippen LogP contribution in [0.3, 0.4) is 0 Å². The van der Waals surface area contributed by atoms with E-state index < -0.39 is 15.8 Å². The maximum atomic E-state index is 13.2. The summed E-state index contributed by atoms with van der Waals surface area (Å²) < 4.78 is 40.1. The number of amides is 1. The number of halogens is 2. The van der Waals surface area contributed by atoms with Crippen molar-refractivity contribution < 1.29 is 17.6 Å². The molecule has 152 valence electrons. The Hall–Kier alpha value is -2.16. The van der Waals surface area contributed by atoms with Gasteiger partial charge in [0.25, 0.3) is 0 Å². The minimum atomic E-state index is -3.64.